The average Bonchev–Trinajstić information content (AvgIpc) is 3.85. The minimum absolute atomic E-state index is 0.0625. The molecule has 0 saturated carbocycles. The van der Waals surface area contributed by atoms with Gasteiger partial charge in [0.25, 0.3) is 0 Å². The highest BCUT2D eigenvalue weighted by atomic mass is 32.2. The number of hydrogen-bond acceptors (Lipinski definition) is 8. The van der Waals surface area contributed by atoms with Gasteiger partial charge in [-0.15, -0.1) is 0 Å². The molecule has 8 bridgehead atoms. The van der Waals surface area contributed by atoms with E-state index in [9.17, 15) is 29.4 Å². The Morgan fingerprint density at radius 2 is 1.03 bits per heavy atom. The van der Waals surface area contributed by atoms with Gasteiger partial charge in [-0.3, -0.25) is 19.2 Å². The first-order valence-electron chi connectivity index (χ1n) is 19.3. The van der Waals surface area contributed by atoms with Gasteiger partial charge >= 0.3 is 11.9 Å². The molecule has 0 aromatic carbocycles. The fourth-order valence-electron chi connectivity index (χ4n) is 7.63. The van der Waals surface area contributed by atoms with Crippen molar-refractivity contribution < 1.29 is 29.4 Å². The second kappa shape index (κ2) is 18.8. The Morgan fingerprint density at radius 1 is 0.586 bits per heavy atom. The van der Waals surface area contributed by atoms with Crippen LogP contribution in [0.5, 0.6) is 0 Å². The number of carboxylic acid groups (broad SMARTS) is 2. The fraction of sp³-hybridized carbons (Fsp3) is 0.429. The van der Waals surface area contributed by atoms with Crippen molar-refractivity contribution >= 4 is 71.6 Å². The number of rotatable bonds is 16. The highest BCUT2D eigenvalue weighted by Crippen LogP contribution is 2.36. The number of fused-ring (bicyclic) bond motifs is 8. The van der Waals surface area contributed by atoms with Gasteiger partial charge < -0.3 is 52.2 Å². The van der Waals surface area contributed by atoms with Gasteiger partial charge in [0, 0.05) is 93.1 Å². The zero-order chi connectivity index (χ0) is 42.6. The third kappa shape index (κ3) is 9.68. The van der Waals surface area contributed by atoms with Gasteiger partial charge in [-0.2, -0.15) is 23.5 Å². The molecule has 4 atom stereocenters. The van der Waals surface area contributed by atoms with Crippen LogP contribution in [0.4, 0.5) is 0 Å². The zero-order valence-corrected chi connectivity index (χ0v) is 36.0. The minimum Gasteiger partial charge on any atom is -0.481 e. The number of nitrogens with two attached hydrogens (primary N) is 2. The van der Waals surface area contributed by atoms with E-state index in [4.69, 9.17) is 11.5 Å². The molecule has 4 aromatic heterocycles. The summed E-state index contributed by atoms with van der Waals surface area (Å²) in [5.41, 5.74) is 23.4. The van der Waals surface area contributed by atoms with Gasteiger partial charge in [0.15, 0.2) is 0 Å². The number of carboxylic acids is 2. The van der Waals surface area contributed by atoms with Crippen molar-refractivity contribution in [3.05, 3.63) is 88.7 Å². The van der Waals surface area contributed by atoms with Crippen molar-refractivity contribution in [2.75, 3.05) is 25.6 Å². The van der Waals surface area contributed by atoms with Crippen LogP contribution in [0.1, 0.15) is 104 Å². The molecule has 14 nitrogen and oxygen atoms in total. The lowest BCUT2D eigenvalue weighted by Crippen LogP contribution is -2.40. The van der Waals surface area contributed by atoms with Crippen molar-refractivity contribution in [2.24, 2.45) is 11.5 Å². The molecule has 5 rings (SSSR count). The second-order valence-corrected chi connectivity index (χ2v) is 17.6. The molecule has 0 fully saturated rings. The summed E-state index contributed by atoms with van der Waals surface area (Å²) in [5.74, 6) is -1.46. The van der Waals surface area contributed by atoms with Crippen LogP contribution in [0.3, 0.4) is 0 Å². The first-order valence-corrected chi connectivity index (χ1v) is 21.4. The minimum atomic E-state index is -0.907. The Morgan fingerprint density at radius 3 is 1.60 bits per heavy atom. The van der Waals surface area contributed by atoms with E-state index >= 15 is 0 Å². The predicted octanol–water partition coefficient (Wildman–Crippen LogP) is 1.63. The summed E-state index contributed by atoms with van der Waals surface area (Å²) in [6, 6.07) is -1.36. The molecule has 0 spiro atoms. The summed E-state index contributed by atoms with van der Waals surface area (Å²) in [7, 11) is 3.14. The average molecular weight is 833 g/mol. The summed E-state index contributed by atoms with van der Waals surface area (Å²) < 4.78 is 0. The number of carbonyl (C=O) groups excluding carboxylic acids is 2. The monoisotopic (exact) mass is 832 g/mol. The smallest absolute Gasteiger partial charge is 0.303 e. The van der Waals surface area contributed by atoms with Crippen LogP contribution < -0.4 is 43.5 Å². The lowest BCUT2D eigenvalue weighted by atomic mass is 10.0. The summed E-state index contributed by atoms with van der Waals surface area (Å²) in [4.78, 5) is 62.8. The van der Waals surface area contributed by atoms with Gasteiger partial charge in [0.2, 0.25) is 11.8 Å². The third-order valence-corrected chi connectivity index (χ3v) is 13.6. The number of aliphatic carboxylic acids is 2. The topological polar surface area (TPSA) is 248 Å². The molecule has 2 amide bonds. The largest absolute Gasteiger partial charge is 0.481 e. The molecule has 312 valence electrons. The molecule has 0 saturated heterocycles. The molecule has 16 heteroatoms. The number of hydrogen-bond donors (Lipinski definition) is 10. The van der Waals surface area contributed by atoms with E-state index in [-0.39, 0.29) is 41.6 Å². The summed E-state index contributed by atoms with van der Waals surface area (Å²) in [6.07, 6.45) is 8.61. The van der Waals surface area contributed by atoms with Crippen molar-refractivity contribution in [3.63, 3.8) is 0 Å². The normalized spacial score (nSPS) is 14.2. The lowest BCUT2D eigenvalue weighted by molar-refractivity contribution is -0.138. The number of nitrogens with one attached hydrogen (secondary N) is 6. The van der Waals surface area contributed by atoms with E-state index in [2.05, 4.69) is 64.3 Å². The fourth-order valence-corrected chi connectivity index (χ4v) is 9.87. The second-order valence-electron chi connectivity index (χ2n) is 14.9. The quantitative estimate of drug-likeness (QED) is 0.0689. The van der Waals surface area contributed by atoms with E-state index in [1.165, 1.54) is 0 Å². The van der Waals surface area contributed by atoms with E-state index in [1.807, 2.05) is 32.1 Å². The number of thioether (sulfide) groups is 2. The molecule has 1 aliphatic heterocycles. The number of likely N-dealkylation sites (N-methyl/N-ethyl adjacent to an activating group) is 2. The van der Waals surface area contributed by atoms with Crippen LogP contribution in [0.15, 0.2) is 0 Å². The van der Waals surface area contributed by atoms with Crippen LogP contribution in [0.2, 0.25) is 0 Å². The van der Waals surface area contributed by atoms with Gasteiger partial charge in [-0.25, -0.2) is 0 Å². The van der Waals surface area contributed by atoms with Crippen LogP contribution in [0.25, 0.3) is 24.3 Å². The van der Waals surface area contributed by atoms with Crippen LogP contribution in [0, 0.1) is 27.7 Å². The highest BCUT2D eigenvalue weighted by Gasteiger charge is 2.24. The van der Waals surface area contributed by atoms with Gasteiger partial charge in [0.1, 0.15) is 0 Å². The molecular formula is C42H56N8O6S2. The number of aromatic nitrogens is 4. The Kier molecular flexibility index (Phi) is 14.3. The number of H-pyrrole nitrogens is 4. The van der Waals surface area contributed by atoms with Crippen LogP contribution >= 0.6 is 23.5 Å². The van der Waals surface area contributed by atoms with Crippen molar-refractivity contribution in [1.82, 2.24) is 30.6 Å². The van der Waals surface area contributed by atoms with Crippen molar-refractivity contribution in [2.45, 2.75) is 89.8 Å². The summed E-state index contributed by atoms with van der Waals surface area (Å²) >= 11 is 3.18. The molecule has 4 aromatic rings. The first kappa shape index (κ1) is 44.2. The Balaban J connectivity index is 1.84. The maximum atomic E-state index is 12.3. The Hall–Kier alpha value is -4.90. The summed E-state index contributed by atoms with van der Waals surface area (Å²) in [5, 5.41) is 27.8. The third-order valence-electron chi connectivity index (χ3n) is 11.0. The van der Waals surface area contributed by atoms with E-state index in [0.29, 0.717) is 17.9 Å². The van der Waals surface area contributed by atoms with Gasteiger partial charge in [-0.05, 0) is 123 Å². The molecule has 5 heterocycles. The van der Waals surface area contributed by atoms with E-state index in [0.717, 1.165) is 88.7 Å². The van der Waals surface area contributed by atoms with Crippen molar-refractivity contribution in [3.8, 4) is 0 Å². The van der Waals surface area contributed by atoms with Crippen LogP contribution in [-0.4, -0.2) is 91.6 Å². The van der Waals surface area contributed by atoms with E-state index in [1.54, 1.807) is 37.6 Å². The summed E-state index contributed by atoms with van der Waals surface area (Å²) in [6.45, 7) is 12.3. The number of aromatic amines is 4. The van der Waals surface area contributed by atoms with E-state index < -0.39 is 24.0 Å². The maximum Gasteiger partial charge on any atom is 0.303 e. The first-order chi connectivity index (χ1) is 27.4. The predicted molar refractivity (Wildman–Crippen MR) is 233 cm³/mol. The van der Waals surface area contributed by atoms with Gasteiger partial charge in [0.05, 0.1) is 12.1 Å². The standard InChI is InChI=1S/C42H56N8O6S2/c1-19-25(9-11-37(51)52)33-16-34-26(10-12-38(53)54)20(2)30(48-34)14-35-40(24(6)58-18-28(44)42(56)46-8)22(4)32(50-35)15-36-39(21(3)31(49-36)13-29(19)47-33)23(5)57-17-27(43)41(55)45-7/h13-16,23-24,27-28,47-50H,9-12,17-18,43-44H2,1-8H3,(H,45,55)(H,46,56)(H,51,52)(H,53,54)/t23-,24+,27+,28+/m1/s1. The Bertz CT molecular complexity index is 2470. The number of carbonyl (C=O) groups is 4. The lowest BCUT2D eigenvalue weighted by Gasteiger charge is -2.16. The molecule has 12 N–H and O–H groups in total. The SMILES string of the molecule is CNC(=O)[C@@H](N)CS[C@@H](C)c1c2[nH]c(c1C)C=c1[nH]c(c(C)c1[C@@H](C)SC[C@H](N)C(=O)NC)=Cc1[nH]c(c(CCC(=O)O)c1C)C=c1[nH]c(c(C)c1CCC(=O)O)=C2. The molecule has 0 radical (unpaired) electrons. The van der Waals surface area contributed by atoms with Gasteiger partial charge in [-0.1, -0.05) is 0 Å². The highest BCUT2D eigenvalue weighted by molar-refractivity contribution is 7.99. The molecule has 0 unspecified atom stereocenters. The van der Waals surface area contributed by atoms with Crippen LogP contribution in [-0.2, 0) is 32.0 Å². The number of amides is 2. The molecule has 1 aliphatic rings. The molecule has 58 heavy (non-hydrogen) atoms. The Labute approximate surface area is 345 Å². The van der Waals surface area contributed by atoms with Crippen molar-refractivity contribution in [1.29, 1.82) is 0 Å². The zero-order valence-electron chi connectivity index (χ0n) is 34.4. The molecular weight excluding hydrogens is 777 g/mol. The maximum absolute atomic E-state index is 12.3. The molecule has 0 aliphatic carbocycles.